The number of methoxy groups -OCH3 is 1. The predicted octanol–water partition coefficient (Wildman–Crippen LogP) is 2.24. The summed E-state index contributed by atoms with van der Waals surface area (Å²) in [6.45, 7) is 2.34. The fourth-order valence-corrected chi connectivity index (χ4v) is 1.99. The van der Waals surface area contributed by atoms with E-state index in [1.165, 1.54) is 6.26 Å². The van der Waals surface area contributed by atoms with Crippen molar-refractivity contribution in [2.45, 2.75) is 13.0 Å². The molecular weight excluding hydrogens is 316 g/mol. The van der Waals surface area contributed by atoms with Gasteiger partial charge in [0.2, 0.25) is 11.6 Å². The maximum atomic E-state index is 11.9. The molecule has 2 aromatic rings. The SMILES string of the molecule is COc1ccc(-c2nnc([C@H](C)OC(=O)C3=COCCO3)o2)cc1. The molecule has 8 heteroatoms. The standard InChI is InChI=1S/C16H16N2O6/c1-10(23-16(19)13-9-21-7-8-22-13)14-17-18-15(24-14)11-3-5-12(20-2)6-4-11/h3-6,9-10H,7-8H2,1-2H3/t10-/m0/s1. The third-order valence-corrected chi connectivity index (χ3v) is 3.26. The van der Waals surface area contributed by atoms with E-state index in [0.717, 1.165) is 11.3 Å². The highest BCUT2D eigenvalue weighted by Gasteiger charge is 2.23. The molecule has 1 atom stereocenters. The number of benzene rings is 1. The lowest BCUT2D eigenvalue weighted by atomic mass is 10.2. The molecule has 0 amide bonds. The highest BCUT2D eigenvalue weighted by molar-refractivity contribution is 5.86. The van der Waals surface area contributed by atoms with Crippen LogP contribution in [-0.2, 0) is 19.0 Å². The molecule has 0 radical (unpaired) electrons. The van der Waals surface area contributed by atoms with Gasteiger partial charge in [0.05, 0.1) is 7.11 Å². The Balaban J connectivity index is 1.67. The number of aromatic nitrogens is 2. The van der Waals surface area contributed by atoms with Gasteiger partial charge in [-0.3, -0.25) is 0 Å². The van der Waals surface area contributed by atoms with Gasteiger partial charge < -0.3 is 23.4 Å². The molecule has 0 bridgehead atoms. The summed E-state index contributed by atoms with van der Waals surface area (Å²) in [4.78, 5) is 11.9. The number of carbonyl (C=O) groups excluding carboxylic acids is 1. The van der Waals surface area contributed by atoms with Crippen molar-refractivity contribution >= 4 is 5.97 Å². The monoisotopic (exact) mass is 332 g/mol. The first kappa shape index (κ1) is 15.9. The Bertz CT molecular complexity index is 737. The van der Waals surface area contributed by atoms with E-state index in [9.17, 15) is 4.79 Å². The summed E-state index contributed by atoms with van der Waals surface area (Å²) >= 11 is 0. The molecule has 126 valence electrons. The molecule has 3 rings (SSSR count). The molecule has 0 saturated heterocycles. The topological polar surface area (TPSA) is 92.9 Å². The van der Waals surface area contributed by atoms with Crippen molar-refractivity contribution in [3.8, 4) is 17.2 Å². The summed E-state index contributed by atoms with van der Waals surface area (Å²) in [7, 11) is 1.59. The van der Waals surface area contributed by atoms with Crippen molar-refractivity contribution in [1.82, 2.24) is 10.2 Å². The van der Waals surface area contributed by atoms with Gasteiger partial charge in [-0.15, -0.1) is 10.2 Å². The molecule has 0 aliphatic carbocycles. The quantitative estimate of drug-likeness (QED) is 0.770. The molecule has 1 aromatic heterocycles. The van der Waals surface area contributed by atoms with Gasteiger partial charge in [0.1, 0.15) is 25.2 Å². The summed E-state index contributed by atoms with van der Waals surface area (Å²) in [5.41, 5.74) is 0.736. The van der Waals surface area contributed by atoms with Gasteiger partial charge in [0.15, 0.2) is 6.10 Å². The molecule has 0 fully saturated rings. The van der Waals surface area contributed by atoms with E-state index in [1.807, 2.05) is 0 Å². The lowest BCUT2D eigenvalue weighted by Gasteiger charge is -2.15. The van der Waals surface area contributed by atoms with E-state index in [4.69, 9.17) is 23.4 Å². The smallest absolute Gasteiger partial charge is 0.377 e. The molecule has 8 nitrogen and oxygen atoms in total. The average molecular weight is 332 g/mol. The lowest BCUT2D eigenvalue weighted by Crippen LogP contribution is -2.18. The van der Waals surface area contributed by atoms with Crippen LogP contribution in [0.1, 0.15) is 18.9 Å². The first-order valence-electron chi connectivity index (χ1n) is 7.31. The summed E-state index contributed by atoms with van der Waals surface area (Å²) in [6.07, 6.45) is 0.512. The molecule has 1 aromatic carbocycles. The third-order valence-electron chi connectivity index (χ3n) is 3.26. The van der Waals surface area contributed by atoms with Crippen molar-refractivity contribution in [2.75, 3.05) is 20.3 Å². The number of hydrogen-bond donors (Lipinski definition) is 0. The summed E-state index contributed by atoms with van der Waals surface area (Å²) in [6, 6.07) is 7.17. The van der Waals surface area contributed by atoms with E-state index in [-0.39, 0.29) is 11.6 Å². The largest absolute Gasteiger partial charge is 0.497 e. The van der Waals surface area contributed by atoms with Gasteiger partial charge in [0.25, 0.3) is 5.89 Å². The summed E-state index contributed by atoms with van der Waals surface area (Å²) < 4.78 is 26.1. The summed E-state index contributed by atoms with van der Waals surface area (Å²) in [5, 5.41) is 7.88. The first-order valence-corrected chi connectivity index (χ1v) is 7.31. The molecular formula is C16H16N2O6. The zero-order valence-electron chi connectivity index (χ0n) is 13.2. The molecule has 24 heavy (non-hydrogen) atoms. The second-order valence-electron chi connectivity index (χ2n) is 4.92. The van der Waals surface area contributed by atoms with Crippen molar-refractivity contribution in [2.24, 2.45) is 0 Å². The average Bonchev–Trinajstić information content (AvgIpc) is 3.13. The van der Waals surface area contributed by atoms with Crippen LogP contribution in [0.5, 0.6) is 5.75 Å². The van der Waals surface area contributed by atoms with Crippen LogP contribution < -0.4 is 4.74 Å². The Hall–Kier alpha value is -3.03. The minimum Gasteiger partial charge on any atom is -0.497 e. The van der Waals surface area contributed by atoms with Gasteiger partial charge in [-0.05, 0) is 31.2 Å². The highest BCUT2D eigenvalue weighted by Crippen LogP contribution is 2.24. The van der Waals surface area contributed by atoms with Crippen molar-refractivity contribution in [1.29, 1.82) is 0 Å². The van der Waals surface area contributed by atoms with Crippen LogP contribution in [0.25, 0.3) is 11.5 Å². The van der Waals surface area contributed by atoms with Gasteiger partial charge in [-0.1, -0.05) is 0 Å². The number of ether oxygens (including phenoxy) is 4. The fraction of sp³-hybridized carbons (Fsp3) is 0.312. The maximum absolute atomic E-state index is 11.9. The Kier molecular flexibility index (Phi) is 4.64. The summed E-state index contributed by atoms with van der Waals surface area (Å²) in [5.74, 6) is 0.608. The van der Waals surface area contributed by atoms with E-state index in [0.29, 0.717) is 19.1 Å². The number of carbonyl (C=O) groups is 1. The van der Waals surface area contributed by atoms with E-state index in [1.54, 1.807) is 38.3 Å². The van der Waals surface area contributed by atoms with Crippen molar-refractivity contribution in [3.63, 3.8) is 0 Å². The van der Waals surface area contributed by atoms with Crippen LogP contribution >= 0.6 is 0 Å². The molecule has 0 spiro atoms. The minimum atomic E-state index is -0.719. The second kappa shape index (κ2) is 7.03. The second-order valence-corrected chi connectivity index (χ2v) is 4.92. The zero-order valence-corrected chi connectivity index (χ0v) is 13.2. The molecule has 0 N–H and O–H groups in total. The molecule has 2 heterocycles. The Morgan fingerprint density at radius 1 is 1.21 bits per heavy atom. The van der Waals surface area contributed by atoms with Gasteiger partial charge >= 0.3 is 5.97 Å². The van der Waals surface area contributed by atoms with Gasteiger partial charge in [0, 0.05) is 5.56 Å². The fourth-order valence-electron chi connectivity index (χ4n) is 1.99. The van der Waals surface area contributed by atoms with Gasteiger partial charge in [-0.2, -0.15) is 0 Å². The normalized spacial score (nSPS) is 14.8. The maximum Gasteiger partial charge on any atom is 0.377 e. The third kappa shape index (κ3) is 3.48. The highest BCUT2D eigenvalue weighted by atomic mass is 16.6. The number of hydrogen-bond acceptors (Lipinski definition) is 8. The molecule has 1 aliphatic heterocycles. The number of rotatable bonds is 5. The van der Waals surface area contributed by atoms with Crippen molar-refractivity contribution < 1.29 is 28.2 Å². The van der Waals surface area contributed by atoms with Crippen LogP contribution in [-0.4, -0.2) is 36.5 Å². The van der Waals surface area contributed by atoms with Crippen LogP contribution in [0.2, 0.25) is 0 Å². The predicted molar refractivity (Wildman–Crippen MR) is 80.8 cm³/mol. The van der Waals surface area contributed by atoms with Gasteiger partial charge in [-0.25, -0.2) is 4.79 Å². The number of esters is 1. The number of nitrogens with zero attached hydrogens (tertiary/aromatic N) is 2. The van der Waals surface area contributed by atoms with Crippen molar-refractivity contribution in [3.05, 3.63) is 42.2 Å². The lowest BCUT2D eigenvalue weighted by molar-refractivity contribution is -0.150. The zero-order chi connectivity index (χ0) is 16.9. The molecule has 0 unspecified atom stereocenters. The molecule has 1 aliphatic rings. The Morgan fingerprint density at radius 3 is 2.67 bits per heavy atom. The Labute approximate surface area is 138 Å². The van der Waals surface area contributed by atoms with E-state index < -0.39 is 12.1 Å². The molecule has 0 saturated carbocycles. The van der Waals surface area contributed by atoms with Crippen LogP contribution in [0.4, 0.5) is 0 Å². The van der Waals surface area contributed by atoms with Crippen LogP contribution in [0.15, 0.2) is 40.7 Å². The Morgan fingerprint density at radius 2 is 2.00 bits per heavy atom. The van der Waals surface area contributed by atoms with Crippen LogP contribution in [0, 0.1) is 0 Å². The van der Waals surface area contributed by atoms with E-state index in [2.05, 4.69) is 10.2 Å². The minimum absolute atomic E-state index is 0.0167. The van der Waals surface area contributed by atoms with E-state index >= 15 is 0 Å². The van der Waals surface area contributed by atoms with Crippen LogP contribution in [0.3, 0.4) is 0 Å². The first-order chi connectivity index (χ1) is 11.7.